The molecule has 1 saturated carbocycles. The second-order valence-corrected chi connectivity index (χ2v) is 5.00. The van der Waals surface area contributed by atoms with Gasteiger partial charge in [0.25, 0.3) is 0 Å². The quantitative estimate of drug-likeness (QED) is 0.842. The van der Waals surface area contributed by atoms with Crippen LogP contribution in [0, 0.1) is 0 Å². The summed E-state index contributed by atoms with van der Waals surface area (Å²) >= 11 is 0. The Morgan fingerprint density at radius 2 is 2.25 bits per heavy atom. The van der Waals surface area contributed by atoms with Crippen LogP contribution in [0.2, 0.25) is 0 Å². The summed E-state index contributed by atoms with van der Waals surface area (Å²) in [6.07, 6.45) is 7.07. The van der Waals surface area contributed by atoms with Crippen LogP contribution in [-0.4, -0.2) is 29.5 Å². The lowest BCUT2D eigenvalue weighted by atomic mass is 10.1. The van der Waals surface area contributed by atoms with Gasteiger partial charge in [-0.2, -0.15) is 0 Å². The molecule has 1 aromatic rings. The van der Waals surface area contributed by atoms with Crippen molar-refractivity contribution < 1.29 is 0 Å². The molecule has 1 aliphatic carbocycles. The van der Waals surface area contributed by atoms with Crippen LogP contribution in [0.4, 0.5) is 5.82 Å². The minimum atomic E-state index is 0.565. The summed E-state index contributed by atoms with van der Waals surface area (Å²) in [5.41, 5.74) is 1.38. The summed E-state index contributed by atoms with van der Waals surface area (Å²) in [6, 6.07) is 5.53. The first-order chi connectivity index (χ1) is 7.84. The van der Waals surface area contributed by atoms with Crippen molar-refractivity contribution in [1.82, 2.24) is 9.88 Å². The smallest absolute Gasteiger partial charge is 0.130 e. The van der Waals surface area contributed by atoms with E-state index in [0.717, 1.165) is 5.82 Å². The van der Waals surface area contributed by atoms with Gasteiger partial charge in [0.05, 0.1) is 0 Å². The predicted octanol–water partition coefficient (Wildman–Crippen LogP) is 2.42. The molecule has 1 aliphatic heterocycles. The number of rotatable bonds is 3. The molecule has 1 aromatic heterocycles. The highest BCUT2D eigenvalue weighted by molar-refractivity contribution is 5.47. The first-order valence-corrected chi connectivity index (χ1v) is 6.26. The Morgan fingerprint density at radius 3 is 2.94 bits per heavy atom. The molecule has 0 spiro atoms. The molecule has 1 saturated heterocycles. The van der Waals surface area contributed by atoms with Gasteiger partial charge in [0.1, 0.15) is 5.82 Å². The minimum absolute atomic E-state index is 0.565. The molecule has 2 fully saturated rings. The molecule has 3 heteroatoms. The Labute approximate surface area is 96.9 Å². The molecule has 1 atom stereocenters. The van der Waals surface area contributed by atoms with Crippen molar-refractivity contribution in [3.63, 3.8) is 0 Å². The predicted molar refractivity (Wildman–Crippen MR) is 65.5 cm³/mol. The number of pyridine rings is 1. The molecular weight excluding hydrogens is 198 g/mol. The normalized spacial score (nSPS) is 25.9. The van der Waals surface area contributed by atoms with Gasteiger partial charge in [-0.25, -0.2) is 4.98 Å². The monoisotopic (exact) mass is 217 g/mol. The van der Waals surface area contributed by atoms with Crippen LogP contribution in [0.1, 0.15) is 37.3 Å². The maximum absolute atomic E-state index is 4.50. The number of hydrogen-bond donors (Lipinski definition) is 1. The fraction of sp³-hybridized carbons (Fsp3) is 0.615. The standard InChI is InChI=1S/C13H19N3/c1-16-9-3-5-12(16)11-4-2-8-14-13(11)15-10-6-7-10/h2,4,8,10,12H,3,5-7,9H2,1H3,(H,14,15)/t12-/m0/s1. The summed E-state index contributed by atoms with van der Waals surface area (Å²) in [7, 11) is 2.21. The third kappa shape index (κ3) is 1.92. The summed E-state index contributed by atoms with van der Waals surface area (Å²) in [5.74, 6) is 1.11. The van der Waals surface area contributed by atoms with Gasteiger partial charge in [-0.05, 0) is 45.3 Å². The van der Waals surface area contributed by atoms with Gasteiger partial charge >= 0.3 is 0 Å². The van der Waals surface area contributed by atoms with Crippen molar-refractivity contribution >= 4 is 5.82 Å². The fourth-order valence-electron chi connectivity index (χ4n) is 2.53. The number of hydrogen-bond acceptors (Lipinski definition) is 3. The summed E-state index contributed by atoms with van der Waals surface area (Å²) in [6.45, 7) is 1.21. The van der Waals surface area contributed by atoms with E-state index in [1.54, 1.807) is 0 Å². The molecule has 2 aliphatic rings. The van der Waals surface area contributed by atoms with Crippen LogP contribution < -0.4 is 5.32 Å². The highest BCUT2D eigenvalue weighted by Gasteiger charge is 2.28. The van der Waals surface area contributed by atoms with E-state index in [1.165, 1.54) is 37.8 Å². The van der Waals surface area contributed by atoms with Gasteiger partial charge in [-0.1, -0.05) is 6.07 Å². The number of anilines is 1. The van der Waals surface area contributed by atoms with Crippen LogP contribution in [0.15, 0.2) is 18.3 Å². The van der Waals surface area contributed by atoms with Crippen LogP contribution in [0.3, 0.4) is 0 Å². The van der Waals surface area contributed by atoms with E-state index in [9.17, 15) is 0 Å². The van der Waals surface area contributed by atoms with Gasteiger partial charge < -0.3 is 5.32 Å². The Morgan fingerprint density at radius 1 is 1.38 bits per heavy atom. The first-order valence-electron chi connectivity index (χ1n) is 6.26. The molecule has 0 bridgehead atoms. The number of nitrogens with zero attached hydrogens (tertiary/aromatic N) is 2. The third-order valence-corrected chi connectivity index (χ3v) is 3.64. The molecule has 2 heterocycles. The maximum Gasteiger partial charge on any atom is 0.130 e. The highest BCUT2D eigenvalue weighted by Crippen LogP contribution is 2.35. The second kappa shape index (κ2) is 4.06. The Kier molecular flexibility index (Phi) is 2.56. The lowest BCUT2D eigenvalue weighted by Gasteiger charge is -2.22. The van der Waals surface area contributed by atoms with Crippen molar-refractivity contribution in [2.45, 2.75) is 37.8 Å². The topological polar surface area (TPSA) is 28.2 Å². The van der Waals surface area contributed by atoms with E-state index in [2.05, 4.69) is 34.4 Å². The van der Waals surface area contributed by atoms with E-state index >= 15 is 0 Å². The van der Waals surface area contributed by atoms with E-state index in [4.69, 9.17) is 0 Å². The lowest BCUT2D eigenvalue weighted by Crippen LogP contribution is -2.19. The van der Waals surface area contributed by atoms with Crippen LogP contribution in [0.5, 0.6) is 0 Å². The molecule has 16 heavy (non-hydrogen) atoms. The van der Waals surface area contributed by atoms with Gasteiger partial charge in [0, 0.05) is 23.8 Å². The molecule has 3 rings (SSSR count). The van der Waals surface area contributed by atoms with Gasteiger partial charge in [0.2, 0.25) is 0 Å². The average Bonchev–Trinajstić information content (AvgIpc) is 3.00. The third-order valence-electron chi connectivity index (χ3n) is 3.64. The van der Waals surface area contributed by atoms with Crippen LogP contribution in [0.25, 0.3) is 0 Å². The van der Waals surface area contributed by atoms with Crippen LogP contribution >= 0.6 is 0 Å². The van der Waals surface area contributed by atoms with Crippen molar-refractivity contribution in [3.05, 3.63) is 23.9 Å². The molecule has 0 unspecified atom stereocenters. The van der Waals surface area contributed by atoms with E-state index in [1.807, 2.05) is 6.20 Å². The highest BCUT2D eigenvalue weighted by atomic mass is 15.2. The van der Waals surface area contributed by atoms with Gasteiger partial charge in [-0.3, -0.25) is 4.90 Å². The number of likely N-dealkylation sites (tertiary alicyclic amines) is 1. The zero-order valence-electron chi connectivity index (χ0n) is 9.82. The van der Waals surface area contributed by atoms with Crippen molar-refractivity contribution in [2.75, 3.05) is 18.9 Å². The van der Waals surface area contributed by atoms with Crippen LogP contribution in [-0.2, 0) is 0 Å². The summed E-state index contributed by atoms with van der Waals surface area (Å²) < 4.78 is 0. The summed E-state index contributed by atoms with van der Waals surface area (Å²) in [5, 5.41) is 3.54. The molecule has 3 nitrogen and oxygen atoms in total. The van der Waals surface area contributed by atoms with E-state index in [-0.39, 0.29) is 0 Å². The Bertz CT molecular complexity index is 373. The molecular formula is C13H19N3. The molecule has 0 amide bonds. The van der Waals surface area contributed by atoms with Gasteiger partial charge in [0.15, 0.2) is 0 Å². The zero-order chi connectivity index (χ0) is 11.0. The maximum atomic E-state index is 4.50. The first kappa shape index (κ1) is 10.1. The lowest BCUT2D eigenvalue weighted by molar-refractivity contribution is 0.317. The number of nitrogens with one attached hydrogen (secondary N) is 1. The fourth-order valence-corrected chi connectivity index (χ4v) is 2.53. The number of aromatic nitrogens is 1. The van der Waals surface area contributed by atoms with E-state index in [0.29, 0.717) is 12.1 Å². The Hall–Kier alpha value is -1.09. The molecule has 0 aromatic carbocycles. The average molecular weight is 217 g/mol. The van der Waals surface area contributed by atoms with Crippen molar-refractivity contribution in [2.24, 2.45) is 0 Å². The van der Waals surface area contributed by atoms with Gasteiger partial charge in [-0.15, -0.1) is 0 Å². The molecule has 1 N–H and O–H groups in total. The minimum Gasteiger partial charge on any atom is -0.367 e. The van der Waals surface area contributed by atoms with Crippen molar-refractivity contribution in [3.8, 4) is 0 Å². The molecule has 86 valence electrons. The van der Waals surface area contributed by atoms with E-state index < -0.39 is 0 Å². The largest absolute Gasteiger partial charge is 0.367 e. The zero-order valence-corrected chi connectivity index (χ0v) is 9.82. The Balaban J connectivity index is 1.86. The van der Waals surface area contributed by atoms with Crippen molar-refractivity contribution in [1.29, 1.82) is 0 Å². The summed E-state index contributed by atoms with van der Waals surface area (Å²) in [4.78, 5) is 6.94. The molecule has 0 radical (unpaired) electrons. The SMILES string of the molecule is CN1CCC[C@H]1c1cccnc1NC1CC1. The second-order valence-electron chi connectivity index (χ2n) is 5.00.